The SMILES string of the molecule is C=C(Nc1c(-c2ccc(CCCC)cc2)nnn1S(=O)(=O)c1ccc(C)cc1)c1ccccc1. The summed E-state index contributed by atoms with van der Waals surface area (Å²) in [6.07, 6.45) is 3.25. The van der Waals surface area contributed by atoms with Gasteiger partial charge in [-0.15, -0.1) is 9.19 Å². The molecule has 0 spiro atoms. The van der Waals surface area contributed by atoms with Crippen LogP contribution in [0.3, 0.4) is 0 Å². The summed E-state index contributed by atoms with van der Waals surface area (Å²) in [6.45, 7) is 8.19. The van der Waals surface area contributed by atoms with Gasteiger partial charge in [-0.3, -0.25) is 0 Å². The molecule has 0 saturated heterocycles. The van der Waals surface area contributed by atoms with Crippen LogP contribution in [0.1, 0.15) is 36.5 Å². The van der Waals surface area contributed by atoms with Crippen molar-refractivity contribution in [2.45, 2.75) is 38.0 Å². The van der Waals surface area contributed by atoms with Crippen LogP contribution in [-0.4, -0.2) is 22.8 Å². The zero-order valence-corrected chi connectivity index (χ0v) is 20.2. The Hall–Kier alpha value is -3.71. The smallest absolute Gasteiger partial charge is 0.286 e. The maximum absolute atomic E-state index is 13.5. The normalized spacial score (nSPS) is 11.4. The maximum Gasteiger partial charge on any atom is 0.286 e. The quantitative estimate of drug-likeness (QED) is 0.327. The van der Waals surface area contributed by atoms with Crippen LogP contribution >= 0.6 is 0 Å². The van der Waals surface area contributed by atoms with Gasteiger partial charge in [-0.1, -0.05) is 92.2 Å². The fourth-order valence-corrected chi connectivity index (χ4v) is 4.80. The summed E-state index contributed by atoms with van der Waals surface area (Å²) >= 11 is 0. The van der Waals surface area contributed by atoms with E-state index in [2.05, 4.69) is 29.1 Å². The van der Waals surface area contributed by atoms with Crippen molar-refractivity contribution in [3.63, 3.8) is 0 Å². The van der Waals surface area contributed by atoms with Crippen molar-refractivity contribution in [3.05, 3.63) is 102 Å². The highest BCUT2D eigenvalue weighted by Gasteiger charge is 2.26. The summed E-state index contributed by atoms with van der Waals surface area (Å²) in [7, 11) is -3.98. The number of rotatable bonds is 9. The Balaban J connectivity index is 1.78. The van der Waals surface area contributed by atoms with E-state index in [1.165, 1.54) is 5.56 Å². The first-order valence-electron chi connectivity index (χ1n) is 11.3. The molecule has 0 unspecified atom stereocenters. The Morgan fingerprint density at radius 1 is 0.971 bits per heavy atom. The van der Waals surface area contributed by atoms with Crippen LogP contribution in [0, 0.1) is 6.92 Å². The van der Waals surface area contributed by atoms with Crippen LogP contribution in [0.5, 0.6) is 0 Å². The van der Waals surface area contributed by atoms with Crippen LogP contribution in [0.25, 0.3) is 17.0 Å². The Morgan fingerprint density at radius 2 is 1.65 bits per heavy atom. The number of hydrogen-bond acceptors (Lipinski definition) is 5. The van der Waals surface area contributed by atoms with Gasteiger partial charge in [0.05, 0.1) is 4.90 Å². The zero-order chi connectivity index (χ0) is 24.1. The predicted molar refractivity (Wildman–Crippen MR) is 137 cm³/mol. The van der Waals surface area contributed by atoms with E-state index in [4.69, 9.17) is 0 Å². The lowest BCUT2D eigenvalue weighted by Gasteiger charge is -2.14. The molecule has 1 aromatic heterocycles. The van der Waals surface area contributed by atoms with Crippen molar-refractivity contribution in [2.75, 3.05) is 5.32 Å². The maximum atomic E-state index is 13.5. The van der Waals surface area contributed by atoms with Gasteiger partial charge in [-0.05, 0) is 48.2 Å². The number of nitrogens with zero attached hydrogens (tertiary/aromatic N) is 3. The Bertz CT molecular complexity index is 1380. The Labute approximate surface area is 201 Å². The first-order chi connectivity index (χ1) is 16.4. The van der Waals surface area contributed by atoms with Crippen molar-refractivity contribution in [1.29, 1.82) is 0 Å². The minimum Gasteiger partial charge on any atom is -0.338 e. The van der Waals surface area contributed by atoms with Crippen LogP contribution in [-0.2, 0) is 16.4 Å². The van der Waals surface area contributed by atoms with Crippen molar-refractivity contribution >= 4 is 21.5 Å². The topological polar surface area (TPSA) is 76.9 Å². The monoisotopic (exact) mass is 472 g/mol. The van der Waals surface area contributed by atoms with E-state index in [0.717, 1.165) is 40.0 Å². The van der Waals surface area contributed by atoms with Gasteiger partial charge in [-0.25, -0.2) is 0 Å². The first-order valence-corrected chi connectivity index (χ1v) is 12.7. The van der Waals surface area contributed by atoms with E-state index in [0.29, 0.717) is 11.4 Å². The molecule has 0 aliphatic heterocycles. The molecule has 34 heavy (non-hydrogen) atoms. The third-order valence-corrected chi connectivity index (χ3v) is 7.20. The first kappa shape index (κ1) is 23.4. The van der Waals surface area contributed by atoms with E-state index < -0.39 is 10.0 Å². The minimum atomic E-state index is -3.98. The molecule has 174 valence electrons. The second-order valence-electron chi connectivity index (χ2n) is 8.22. The molecule has 0 aliphatic carbocycles. The molecule has 3 aromatic carbocycles. The van der Waals surface area contributed by atoms with E-state index in [9.17, 15) is 8.42 Å². The highest BCUT2D eigenvalue weighted by molar-refractivity contribution is 7.90. The fourth-order valence-electron chi connectivity index (χ4n) is 3.61. The number of nitrogens with one attached hydrogen (secondary N) is 1. The average molecular weight is 473 g/mol. The third-order valence-electron chi connectivity index (χ3n) is 5.63. The molecule has 0 bridgehead atoms. The van der Waals surface area contributed by atoms with Crippen LogP contribution < -0.4 is 5.32 Å². The highest BCUT2D eigenvalue weighted by Crippen LogP contribution is 2.31. The molecule has 0 amide bonds. The summed E-state index contributed by atoms with van der Waals surface area (Å²) in [4.78, 5) is 0.137. The van der Waals surface area contributed by atoms with Gasteiger partial charge < -0.3 is 5.32 Å². The lowest BCUT2D eigenvalue weighted by atomic mass is 10.0. The predicted octanol–water partition coefficient (Wildman–Crippen LogP) is 5.92. The van der Waals surface area contributed by atoms with Gasteiger partial charge in [0.1, 0.15) is 5.69 Å². The van der Waals surface area contributed by atoms with E-state index in [1.54, 1.807) is 24.3 Å². The molecule has 7 heteroatoms. The molecule has 4 aromatic rings. The minimum absolute atomic E-state index is 0.137. The van der Waals surface area contributed by atoms with Crippen molar-refractivity contribution in [1.82, 2.24) is 14.4 Å². The number of hydrogen-bond donors (Lipinski definition) is 1. The second kappa shape index (κ2) is 10.1. The molecule has 1 N–H and O–H groups in total. The van der Waals surface area contributed by atoms with Gasteiger partial charge in [-0.2, -0.15) is 8.42 Å². The van der Waals surface area contributed by atoms with Crippen LogP contribution in [0.15, 0.2) is 90.3 Å². The number of unbranched alkanes of at least 4 members (excludes halogenated alkanes) is 1. The van der Waals surface area contributed by atoms with E-state index in [-0.39, 0.29) is 10.7 Å². The summed E-state index contributed by atoms with van der Waals surface area (Å²) in [5.74, 6) is 0.246. The zero-order valence-electron chi connectivity index (χ0n) is 19.4. The standard InChI is InChI=1S/C27H28N4O2S/c1-4-5-9-22-14-16-24(17-15-22)26-27(28-21(3)23-10-7-6-8-11-23)31(30-29-26)34(32,33)25-18-12-20(2)13-19-25/h6-8,10-19,28H,3-5,9H2,1-2H3. The molecular formula is C27H28N4O2S. The van der Waals surface area contributed by atoms with Gasteiger partial charge in [0.2, 0.25) is 0 Å². The molecule has 0 saturated carbocycles. The lowest BCUT2D eigenvalue weighted by molar-refractivity contribution is 0.578. The molecule has 4 rings (SSSR count). The fraction of sp³-hybridized carbons (Fsp3) is 0.185. The second-order valence-corrected chi connectivity index (χ2v) is 9.99. The van der Waals surface area contributed by atoms with Gasteiger partial charge in [0.25, 0.3) is 10.0 Å². The van der Waals surface area contributed by atoms with Crippen molar-refractivity contribution in [3.8, 4) is 11.3 Å². The highest BCUT2D eigenvalue weighted by atomic mass is 32.2. The van der Waals surface area contributed by atoms with E-state index in [1.807, 2.05) is 61.5 Å². The molecule has 0 aliphatic rings. The number of benzene rings is 3. The number of aryl methyl sites for hydroxylation is 2. The van der Waals surface area contributed by atoms with Gasteiger partial charge >= 0.3 is 0 Å². The molecule has 0 atom stereocenters. The van der Waals surface area contributed by atoms with Crippen molar-refractivity contribution < 1.29 is 8.42 Å². The van der Waals surface area contributed by atoms with Crippen LogP contribution in [0.4, 0.5) is 5.82 Å². The van der Waals surface area contributed by atoms with Gasteiger partial charge in [0, 0.05) is 11.3 Å². The van der Waals surface area contributed by atoms with Gasteiger partial charge in [0.15, 0.2) is 5.82 Å². The number of anilines is 1. The van der Waals surface area contributed by atoms with E-state index >= 15 is 0 Å². The summed E-state index contributed by atoms with van der Waals surface area (Å²) in [5, 5.41) is 11.5. The molecular weight excluding hydrogens is 444 g/mol. The summed E-state index contributed by atoms with van der Waals surface area (Å²) in [6, 6.07) is 24.2. The summed E-state index contributed by atoms with van der Waals surface area (Å²) < 4.78 is 27.9. The Kier molecular flexibility index (Phi) is 6.93. The molecule has 0 radical (unpaired) electrons. The van der Waals surface area contributed by atoms with Crippen LogP contribution in [0.2, 0.25) is 0 Å². The average Bonchev–Trinajstić information content (AvgIpc) is 3.28. The molecule has 1 heterocycles. The summed E-state index contributed by atoms with van der Waals surface area (Å²) in [5.41, 5.74) is 4.79. The molecule has 6 nitrogen and oxygen atoms in total. The lowest BCUT2D eigenvalue weighted by Crippen LogP contribution is -2.17. The third kappa shape index (κ3) is 4.94. The largest absolute Gasteiger partial charge is 0.338 e. The Morgan fingerprint density at radius 3 is 2.29 bits per heavy atom. The van der Waals surface area contributed by atoms with Crippen molar-refractivity contribution in [2.24, 2.45) is 0 Å². The molecule has 0 fully saturated rings. The number of aromatic nitrogens is 3.